The zero-order valence-electron chi connectivity index (χ0n) is 25.1. The zero-order chi connectivity index (χ0) is 29.6. The van der Waals surface area contributed by atoms with Crippen molar-refractivity contribution in [3.05, 3.63) is 70.0 Å². The van der Waals surface area contributed by atoms with Crippen LogP contribution in [0.3, 0.4) is 0 Å². The second-order valence-electron chi connectivity index (χ2n) is 13.2. The number of benzene rings is 2. The number of nitrogens with one attached hydrogen (secondary N) is 2. The lowest BCUT2D eigenvalue weighted by Gasteiger charge is -2.61. The van der Waals surface area contributed by atoms with Crippen molar-refractivity contribution in [3.63, 3.8) is 0 Å². The molecule has 3 aromatic rings. The predicted octanol–water partition coefficient (Wildman–Crippen LogP) is 4.19. The standard InChI is InChI=1S/C33H43FN6O2/c1-20-5-6-22(28(34)13-20)9-11-40-19-36-30-16-24(7-8-26(30)31(40)42)37-32(39-12-10-35-25(17-39)18-41)38-29-15-23-14-27(21(29)2)33(23,3)4/h5-8,13,16,19,21,23,25,27,29,35,41H,9-12,14-15,17-18H2,1-4H3,(H,37,38)/t21-,23-,25+,27+,29-/m0/s1. The molecule has 2 bridgehead atoms. The Morgan fingerprint density at radius 3 is 2.81 bits per heavy atom. The van der Waals surface area contributed by atoms with E-state index in [2.05, 4.69) is 41.3 Å². The molecule has 0 radical (unpaired) electrons. The number of fused-ring (bicyclic) bond motifs is 3. The summed E-state index contributed by atoms with van der Waals surface area (Å²) in [6, 6.07) is 11.0. The zero-order valence-corrected chi connectivity index (χ0v) is 25.1. The van der Waals surface area contributed by atoms with Crippen molar-refractivity contribution in [2.75, 3.05) is 31.6 Å². The molecule has 2 heterocycles. The van der Waals surface area contributed by atoms with E-state index >= 15 is 0 Å². The van der Waals surface area contributed by atoms with Gasteiger partial charge in [0.05, 0.1) is 29.9 Å². The molecule has 0 amide bonds. The van der Waals surface area contributed by atoms with Crippen LogP contribution in [0, 0.1) is 35.9 Å². The van der Waals surface area contributed by atoms with Gasteiger partial charge in [0.2, 0.25) is 0 Å². The SMILES string of the molecule is Cc1ccc(CCn2cnc3cc(N/C(=N/[C@H]4C[C@@H]5C[C@H]([C@@H]4C)C5(C)C)N4CCN[C@@H](CO)C4)ccc3c2=O)c(F)c1. The largest absolute Gasteiger partial charge is 0.395 e. The Labute approximate surface area is 247 Å². The lowest BCUT2D eigenvalue weighted by Crippen LogP contribution is -2.58. The highest BCUT2D eigenvalue weighted by atomic mass is 19.1. The van der Waals surface area contributed by atoms with Crippen LogP contribution in [0.4, 0.5) is 10.1 Å². The third-order valence-corrected chi connectivity index (χ3v) is 10.3. The molecule has 3 saturated carbocycles. The molecule has 1 aromatic heterocycles. The number of hydrogen-bond donors (Lipinski definition) is 3. The van der Waals surface area contributed by atoms with Crippen LogP contribution in [0.25, 0.3) is 10.9 Å². The van der Waals surface area contributed by atoms with E-state index in [1.165, 1.54) is 12.5 Å². The fraction of sp³-hybridized carbons (Fsp3) is 0.545. The molecule has 0 spiro atoms. The van der Waals surface area contributed by atoms with E-state index in [0.29, 0.717) is 59.1 Å². The Balaban J connectivity index is 1.24. The molecule has 224 valence electrons. The first kappa shape index (κ1) is 28.8. The third-order valence-electron chi connectivity index (χ3n) is 10.3. The summed E-state index contributed by atoms with van der Waals surface area (Å²) in [6.07, 6.45) is 4.36. The summed E-state index contributed by atoms with van der Waals surface area (Å²) in [5, 5.41) is 17.3. The Kier molecular flexibility index (Phi) is 7.83. The van der Waals surface area contributed by atoms with Gasteiger partial charge >= 0.3 is 0 Å². The van der Waals surface area contributed by atoms with Gasteiger partial charge in [0, 0.05) is 37.9 Å². The number of aryl methyl sites for hydroxylation is 3. The van der Waals surface area contributed by atoms with Gasteiger partial charge in [-0.1, -0.05) is 32.9 Å². The fourth-order valence-electron chi connectivity index (χ4n) is 7.40. The average molecular weight is 575 g/mol. The smallest absolute Gasteiger partial charge is 0.261 e. The van der Waals surface area contributed by atoms with Gasteiger partial charge < -0.3 is 20.6 Å². The molecule has 42 heavy (non-hydrogen) atoms. The summed E-state index contributed by atoms with van der Waals surface area (Å²) in [4.78, 5) is 25.4. The molecule has 8 nitrogen and oxygen atoms in total. The monoisotopic (exact) mass is 574 g/mol. The summed E-state index contributed by atoms with van der Waals surface area (Å²) < 4.78 is 15.9. The third kappa shape index (κ3) is 5.44. The number of anilines is 1. The molecule has 4 fully saturated rings. The Bertz CT molecular complexity index is 1550. The van der Waals surface area contributed by atoms with E-state index in [0.717, 1.165) is 36.7 Å². The molecular weight excluding hydrogens is 531 g/mol. The van der Waals surface area contributed by atoms with E-state index in [1.54, 1.807) is 17.0 Å². The van der Waals surface area contributed by atoms with Crippen molar-refractivity contribution in [3.8, 4) is 0 Å². The Morgan fingerprint density at radius 2 is 2.07 bits per heavy atom. The van der Waals surface area contributed by atoms with Gasteiger partial charge in [0.15, 0.2) is 5.96 Å². The van der Waals surface area contributed by atoms with Crippen LogP contribution >= 0.6 is 0 Å². The molecule has 3 aliphatic carbocycles. The van der Waals surface area contributed by atoms with Crippen molar-refractivity contribution < 1.29 is 9.50 Å². The predicted molar refractivity (Wildman–Crippen MR) is 165 cm³/mol. The van der Waals surface area contributed by atoms with Gasteiger partial charge in [0.1, 0.15) is 5.82 Å². The lowest BCUT2D eigenvalue weighted by atomic mass is 9.45. The van der Waals surface area contributed by atoms with Crippen molar-refractivity contribution in [1.82, 2.24) is 19.8 Å². The quantitative estimate of drug-likeness (QED) is 0.302. The number of nitrogens with zero attached hydrogens (tertiary/aromatic N) is 4. The van der Waals surface area contributed by atoms with Crippen LogP contribution in [-0.4, -0.2) is 63.8 Å². The van der Waals surface area contributed by atoms with Gasteiger partial charge in [0.25, 0.3) is 5.56 Å². The number of aliphatic imine (C=N–C) groups is 1. The topological polar surface area (TPSA) is 94.8 Å². The second-order valence-corrected chi connectivity index (χ2v) is 13.2. The first-order chi connectivity index (χ1) is 20.1. The van der Waals surface area contributed by atoms with Crippen molar-refractivity contribution >= 4 is 22.5 Å². The maximum absolute atomic E-state index is 14.3. The molecule has 7 rings (SSSR count). The van der Waals surface area contributed by atoms with E-state index in [1.807, 2.05) is 31.2 Å². The maximum Gasteiger partial charge on any atom is 0.261 e. The van der Waals surface area contributed by atoms with Gasteiger partial charge in [-0.15, -0.1) is 0 Å². The summed E-state index contributed by atoms with van der Waals surface area (Å²) in [6.45, 7) is 11.7. The Morgan fingerprint density at radius 1 is 1.24 bits per heavy atom. The number of aliphatic hydroxyl groups excluding tert-OH is 1. The molecule has 2 aromatic carbocycles. The number of hydrogen-bond acceptors (Lipinski definition) is 5. The van der Waals surface area contributed by atoms with Crippen molar-refractivity contribution in [2.24, 2.45) is 28.2 Å². The Hall–Kier alpha value is -3.30. The van der Waals surface area contributed by atoms with E-state index in [4.69, 9.17) is 4.99 Å². The highest BCUT2D eigenvalue weighted by molar-refractivity contribution is 5.96. The van der Waals surface area contributed by atoms with Gasteiger partial charge in [-0.2, -0.15) is 0 Å². The van der Waals surface area contributed by atoms with Gasteiger partial charge in [-0.3, -0.25) is 9.36 Å². The van der Waals surface area contributed by atoms with E-state index in [9.17, 15) is 14.3 Å². The maximum atomic E-state index is 14.3. The lowest BCUT2D eigenvalue weighted by molar-refractivity contribution is -0.108. The molecule has 4 aliphatic rings. The molecule has 0 unspecified atom stereocenters. The van der Waals surface area contributed by atoms with Crippen LogP contribution in [0.15, 0.2) is 52.5 Å². The number of guanidine groups is 1. The highest BCUT2D eigenvalue weighted by Gasteiger charge is 2.56. The second kappa shape index (κ2) is 11.4. The van der Waals surface area contributed by atoms with Crippen LogP contribution < -0.4 is 16.2 Å². The molecule has 1 aliphatic heterocycles. The molecule has 1 saturated heterocycles. The molecule has 3 N–H and O–H groups in total. The van der Waals surface area contributed by atoms with Crippen LogP contribution in [0.5, 0.6) is 0 Å². The van der Waals surface area contributed by atoms with Crippen molar-refractivity contribution in [2.45, 2.75) is 65.6 Å². The molecule has 9 heteroatoms. The normalized spacial score (nSPS) is 27.1. The summed E-state index contributed by atoms with van der Waals surface area (Å²) in [5.74, 6) is 2.47. The number of aliphatic hydroxyl groups is 1. The minimum absolute atomic E-state index is 0.00742. The number of rotatable bonds is 6. The minimum atomic E-state index is -0.247. The fourth-order valence-corrected chi connectivity index (χ4v) is 7.40. The summed E-state index contributed by atoms with van der Waals surface area (Å²) in [5.41, 5.74) is 3.13. The van der Waals surface area contributed by atoms with Gasteiger partial charge in [-0.25, -0.2) is 14.4 Å². The van der Waals surface area contributed by atoms with Crippen LogP contribution in [0.1, 0.15) is 44.7 Å². The molecule has 5 atom stereocenters. The first-order valence-electron chi connectivity index (χ1n) is 15.3. The number of aromatic nitrogens is 2. The van der Waals surface area contributed by atoms with E-state index in [-0.39, 0.29) is 30.1 Å². The number of halogens is 1. The molecular formula is C33H43FN6O2. The number of piperazine rings is 1. The highest BCUT2D eigenvalue weighted by Crippen LogP contribution is 2.61. The van der Waals surface area contributed by atoms with Crippen LogP contribution in [-0.2, 0) is 13.0 Å². The summed E-state index contributed by atoms with van der Waals surface area (Å²) >= 11 is 0. The minimum Gasteiger partial charge on any atom is -0.395 e. The first-order valence-corrected chi connectivity index (χ1v) is 15.3. The van der Waals surface area contributed by atoms with E-state index < -0.39 is 0 Å². The summed E-state index contributed by atoms with van der Waals surface area (Å²) in [7, 11) is 0. The average Bonchev–Trinajstić information content (AvgIpc) is 2.98. The van der Waals surface area contributed by atoms with Crippen LogP contribution in [0.2, 0.25) is 0 Å². The van der Waals surface area contributed by atoms with Crippen molar-refractivity contribution in [1.29, 1.82) is 0 Å². The van der Waals surface area contributed by atoms with Gasteiger partial charge in [-0.05, 0) is 84.7 Å².